The van der Waals surface area contributed by atoms with Crippen molar-refractivity contribution in [2.45, 2.75) is 18.6 Å². The number of hydrogen-bond acceptors (Lipinski definition) is 4. The van der Waals surface area contributed by atoms with Crippen LogP contribution in [0.15, 0.2) is 40.9 Å². The zero-order chi connectivity index (χ0) is 22.1. The fourth-order valence-electron chi connectivity index (χ4n) is 2.96. The van der Waals surface area contributed by atoms with Gasteiger partial charge in [0.2, 0.25) is 5.22 Å². The van der Waals surface area contributed by atoms with E-state index in [9.17, 15) is 18.0 Å². The molecular formula is C19H17Cl2F3N4O2. The number of nitrogens with zero attached hydrogens (tertiary/aromatic N) is 2. The van der Waals surface area contributed by atoms with Crippen LogP contribution in [0.1, 0.15) is 21.7 Å². The number of carbonyl (C=O) groups is 1. The molecule has 0 aliphatic carbocycles. The van der Waals surface area contributed by atoms with Gasteiger partial charge in [-0.1, -0.05) is 29.8 Å². The van der Waals surface area contributed by atoms with Crippen LogP contribution in [0.5, 0.6) is 0 Å². The number of benzene rings is 1. The molecule has 6 nitrogen and oxygen atoms in total. The van der Waals surface area contributed by atoms with Crippen LogP contribution in [0.4, 0.5) is 13.2 Å². The van der Waals surface area contributed by atoms with Crippen LogP contribution < -0.4 is 11.1 Å². The molecular weight excluding hydrogens is 444 g/mol. The van der Waals surface area contributed by atoms with E-state index in [-0.39, 0.29) is 23.9 Å². The van der Waals surface area contributed by atoms with Crippen LogP contribution >= 0.6 is 23.2 Å². The highest BCUT2D eigenvalue weighted by Crippen LogP contribution is 2.35. The summed E-state index contributed by atoms with van der Waals surface area (Å²) >= 11 is 12.2. The molecule has 30 heavy (non-hydrogen) atoms. The van der Waals surface area contributed by atoms with Crippen molar-refractivity contribution in [1.82, 2.24) is 15.1 Å². The van der Waals surface area contributed by atoms with Crippen molar-refractivity contribution < 1.29 is 22.4 Å². The number of aromatic nitrogens is 2. The minimum Gasteiger partial charge on any atom is -0.439 e. The summed E-state index contributed by atoms with van der Waals surface area (Å²) in [5, 5.41) is 6.94. The van der Waals surface area contributed by atoms with Crippen LogP contribution in [-0.2, 0) is 19.6 Å². The van der Waals surface area contributed by atoms with Gasteiger partial charge in [0.05, 0.1) is 28.0 Å². The maximum Gasteiger partial charge on any atom is 0.416 e. The van der Waals surface area contributed by atoms with E-state index in [1.54, 1.807) is 7.05 Å². The largest absolute Gasteiger partial charge is 0.439 e. The first-order valence-corrected chi connectivity index (χ1v) is 9.50. The van der Waals surface area contributed by atoms with Gasteiger partial charge in [0, 0.05) is 25.7 Å². The standard InChI is InChI=1S/C19H17Cl2F3N4O2/c1-28-16(14(20)9-26-28)13-7-15(30-17(13)21)18(29)27-12(8-25)6-10-3-2-4-11(5-10)19(22,23)24/h2-5,7,9,12H,6,8,25H2,1H3,(H,27,29). The van der Waals surface area contributed by atoms with E-state index < -0.39 is 23.7 Å². The number of alkyl halides is 3. The van der Waals surface area contributed by atoms with Crippen molar-refractivity contribution in [3.05, 3.63) is 63.7 Å². The highest BCUT2D eigenvalue weighted by molar-refractivity contribution is 6.35. The van der Waals surface area contributed by atoms with Crippen LogP contribution in [-0.4, -0.2) is 28.3 Å². The Labute approximate surface area is 179 Å². The first kappa shape index (κ1) is 22.2. The highest BCUT2D eigenvalue weighted by atomic mass is 35.5. The second-order valence-electron chi connectivity index (χ2n) is 6.57. The first-order valence-electron chi connectivity index (χ1n) is 8.74. The Bertz CT molecular complexity index is 1040. The Morgan fingerprint density at radius 3 is 2.67 bits per heavy atom. The first-order chi connectivity index (χ1) is 14.1. The molecule has 3 rings (SSSR count). The molecule has 1 aromatic carbocycles. The molecule has 0 aliphatic heterocycles. The molecule has 1 unspecified atom stereocenters. The predicted molar refractivity (Wildman–Crippen MR) is 106 cm³/mol. The number of aryl methyl sites for hydroxylation is 1. The fourth-order valence-corrected chi connectivity index (χ4v) is 3.46. The van der Waals surface area contributed by atoms with Gasteiger partial charge >= 0.3 is 6.18 Å². The number of halogens is 5. The second-order valence-corrected chi connectivity index (χ2v) is 7.32. The summed E-state index contributed by atoms with van der Waals surface area (Å²) in [4.78, 5) is 12.6. The van der Waals surface area contributed by atoms with Crippen molar-refractivity contribution in [2.75, 3.05) is 6.54 Å². The van der Waals surface area contributed by atoms with Gasteiger partial charge in [0.15, 0.2) is 5.76 Å². The lowest BCUT2D eigenvalue weighted by Crippen LogP contribution is -2.41. The molecule has 2 aromatic heterocycles. The molecule has 1 amide bonds. The smallest absolute Gasteiger partial charge is 0.416 e. The lowest BCUT2D eigenvalue weighted by Gasteiger charge is -2.17. The topological polar surface area (TPSA) is 86.1 Å². The van der Waals surface area contributed by atoms with Crippen LogP contribution in [0.2, 0.25) is 10.2 Å². The highest BCUT2D eigenvalue weighted by Gasteiger charge is 2.30. The predicted octanol–water partition coefficient (Wildman–Crippen LogP) is 4.31. The Hall–Kier alpha value is -2.49. The number of nitrogens with one attached hydrogen (secondary N) is 1. The summed E-state index contributed by atoms with van der Waals surface area (Å²) in [6, 6.07) is 5.66. The van der Waals surface area contributed by atoms with Crippen molar-refractivity contribution in [3.8, 4) is 11.3 Å². The number of furan rings is 1. The molecule has 0 spiro atoms. The third kappa shape index (κ3) is 4.80. The Morgan fingerprint density at radius 2 is 2.07 bits per heavy atom. The Morgan fingerprint density at radius 1 is 1.33 bits per heavy atom. The zero-order valence-corrected chi connectivity index (χ0v) is 17.1. The third-order valence-electron chi connectivity index (χ3n) is 4.42. The fraction of sp³-hybridized carbons (Fsp3) is 0.263. The molecule has 160 valence electrons. The second kappa shape index (κ2) is 8.71. The quantitative estimate of drug-likeness (QED) is 0.573. The van der Waals surface area contributed by atoms with Crippen LogP contribution in [0, 0.1) is 0 Å². The maximum atomic E-state index is 12.9. The molecule has 3 N–H and O–H groups in total. The minimum absolute atomic E-state index is 0.0108. The van der Waals surface area contributed by atoms with Gasteiger partial charge in [-0.25, -0.2) is 0 Å². The molecule has 0 fully saturated rings. The zero-order valence-electron chi connectivity index (χ0n) is 15.6. The summed E-state index contributed by atoms with van der Waals surface area (Å²) in [5.74, 6) is -0.696. The van der Waals surface area contributed by atoms with E-state index in [0.29, 0.717) is 21.8 Å². The normalized spacial score (nSPS) is 12.8. The molecule has 0 radical (unpaired) electrons. The summed E-state index contributed by atoms with van der Waals surface area (Å²) < 4.78 is 45.5. The number of nitrogens with two attached hydrogens (primary N) is 1. The number of carbonyl (C=O) groups excluding carboxylic acids is 1. The van der Waals surface area contributed by atoms with Gasteiger partial charge in [0.25, 0.3) is 5.91 Å². The van der Waals surface area contributed by atoms with E-state index in [1.165, 1.54) is 29.1 Å². The van der Waals surface area contributed by atoms with Crippen molar-refractivity contribution in [2.24, 2.45) is 12.8 Å². The molecule has 3 aromatic rings. The average molecular weight is 461 g/mol. The van der Waals surface area contributed by atoms with Crippen molar-refractivity contribution >= 4 is 29.1 Å². The van der Waals surface area contributed by atoms with E-state index >= 15 is 0 Å². The average Bonchev–Trinajstić information content (AvgIpc) is 3.22. The summed E-state index contributed by atoms with van der Waals surface area (Å²) in [6.45, 7) is 0.0108. The van der Waals surface area contributed by atoms with Crippen LogP contribution in [0.3, 0.4) is 0 Å². The van der Waals surface area contributed by atoms with Gasteiger partial charge in [-0.15, -0.1) is 0 Å². The van der Waals surface area contributed by atoms with Gasteiger partial charge in [0.1, 0.15) is 0 Å². The number of rotatable bonds is 6. The Balaban J connectivity index is 1.76. The molecule has 0 saturated carbocycles. The molecule has 11 heteroatoms. The SMILES string of the molecule is Cn1ncc(Cl)c1-c1cc(C(=O)NC(CN)Cc2cccc(C(F)(F)F)c2)oc1Cl. The minimum atomic E-state index is -4.45. The van der Waals surface area contributed by atoms with Crippen molar-refractivity contribution in [3.63, 3.8) is 0 Å². The molecule has 2 heterocycles. The lowest BCUT2D eigenvalue weighted by atomic mass is 10.0. The molecule has 1 atom stereocenters. The summed E-state index contributed by atoms with van der Waals surface area (Å²) in [6.07, 6.45) is -2.91. The summed E-state index contributed by atoms with van der Waals surface area (Å²) in [5.41, 5.74) is 6.18. The monoisotopic (exact) mass is 460 g/mol. The van der Waals surface area contributed by atoms with E-state index in [1.807, 2.05) is 0 Å². The Kier molecular flexibility index (Phi) is 6.44. The van der Waals surface area contributed by atoms with E-state index in [4.69, 9.17) is 33.4 Å². The van der Waals surface area contributed by atoms with Gasteiger partial charge < -0.3 is 15.5 Å². The van der Waals surface area contributed by atoms with Gasteiger partial charge in [-0.2, -0.15) is 18.3 Å². The number of hydrogen-bond donors (Lipinski definition) is 2. The lowest BCUT2D eigenvalue weighted by molar-refractivity contribution is -0.137. The molecule has 0 saturated heterocycles. The van der Waals surface area contributed by atoms with E-state index in [0.717, 1.165) is 12.1 Å². The third-order valence-corrected chi connectivity index (χ3v) is 4.97. The van der Waals surface area contributed by atoms with Gasteiger partial charge in [-0.05, 0) is 29.7 Å². The molecule has 0 bridgehead atoms. The molecule has 0 aliphatic rings. The number of amides is 1. The van der Waals surface area contributed by atoms with Gasteiger partial charge in [-0.3, -0.25) is 9.48 Å². The van der Waals surface area contributed by atoms with Crippen molar-refractivity contribution in [1.29, 1.82) is 0 Å². The van der Waals surface area contributed by atoms with E-state index in [2.05, 4.69) is 10.4 Å². The maximum absolute atomic E-state index is 12.9. The summed E-state index contributed by atoms with van der Waals surface area (Å²) in [7, 11) is 1.66. The van der Waals surface area contributed by atoms with Crippen LogP contribution in [0.25, 0.3) is 11.3 Å².